The summed E-state index contributed by atoms with van der Waals surface area (Å²) in [7, 11) is 0. The summed E-state index contributed by atoms with van der Waals surface area (Å²) in [4.78, 5) is 51.9. The van der Waals surface area contributed by atoms with Gasteiger partial charge in [-0.25, -0.2) is 0 Å². The quantitative estimate of drug-likeness (QED) is 0.180. The molecule has 3 aliphatic rings. The van der Waals surface area contributed by atoms with Gasteiger partial charge in [0.25, 0.3) is 5.91 Å². The molecule has 3 heterocycles. The summed E-state index contributed by atoms with van der Waals surface area (Å²) in [5, 5.41) is 10.7. The number of carbonyl (C=O) groups excluding carboxylic acids is 3. The first-order chi connectivity index (χ1) is 23.2. The number of hydrogen-bond acceptors (Lipinski definition) is 6. The number of carbonyl (C=O) groups is 3. The number of aliphatic hydroxyl groups is 1. The average molecular weight is 738 g/mol. The summed E-state index contributed by atoms with van der Waals surface area (Å²) in [6, 6.07) is 16.2. The molecule has 7 atom stereocenters. The van der Waals surface area contributed by atoms with Crippen molar-refractivity contribution in [1.82, 2.24) is 9.80 Å². The summed E-state index contributed by atoms with van der Waals surface area (Å²) in [6.45, 7) is 16.7. The molecule has 3 amide bonds. The first-order valence-electron chi connectivity index (χ1n) is 17.2. The maximum atomic E-state index is 15.2. The second-order valence-corrected chi connectivity index (χ2v) is 15.7. The molecule has 3 saturated heterocycles. The molecule has 1 N–H and O–H groups in total. The van der Waals surface area contributed by atoms with Crippen LogP contribution in [-0.2, 0) is 20.8 Å². The van der Waals surface area contributed by atoms with Gasteiger partial charge in [-0.05, 0) is 62.9 Å². The molecular formula is C38H49BrN4O4S. The SMILES string of the molecule is C=CCN(CCC)C(=O)[C@H]1[C@H]2C(=O)N([C@@H](CO)Cc3ccccc3)C(C(=O)N(CC=C)c3ccc(N(CC)CC)cc3)C23CC(Br)[C@@H]1S3. The van der Waals surface area contributed by atoms with Crippen molar-refractivity contribution < 1.29 is 19.5 Å². The Balaban J connectivity index is 1.61. The first kappa shape index (κ1) is 36.2. The van der Waals surface area contributed by atoms with Gasteiger partial charge in [-0.15, -0.1) is 24.9 Å². The third-order valence-electron chi connectivity index (χ3n) is 10.2. The van der Waals surface area contributed by atoms with E-state index in [2.05, 4.69) is 47.8 Å². The van der Waals surface area contributed by atoms with Crippen LogP contribution in [0.15, 0.2) is 79.9 Å². The molecule has 258 valence electrons. The molecule has 48 heavy (non-hydrogen) atoms. The van der Waals surface area contributed by atoms with E-state index in [-0.39, 0.29) is 41.0 Å². The number of benzene rings is 2. The second kappa shape index (κ2) is 15.6. The van der Waals surface area contributed by atoms with E-state index in [0.29, 0.717) is 31.6 Å². The third-order valence-corrected chi connectivity index (χ3v) is 13.4. The molecule has 0 saturated carbocycles. The number of nitrogens with zero attached hydrogens (tertiary/aromatic N) is 4. The summed E-state index contributed by atoms with van der Waals surface area (Å²) < 4.78 is -0.843. The summed E-state index contributed by atoms with van der Waals surface area (Å²) >= 11 is 5.52. The van der Waals surface area contributed by atoms with Crippen molar-refractivity contribution in [3.63, 3.8) is 0 Å². The first-order valence-corrected chi connectivity index (χ1v) is 19.0. The topological polar surface area (TPSA) is 84.4 Å². The normalized spacial score (nSPS) is 26.2. The van der Waals surface area contributed by atoms with Crippen LogP contribution in [-0.4, -0.2) is 98.9 Å². The van der Waals surface area contributed by atoms with Gasteiger partial charge in [0.2, 0.25) is 11.8 Å². The molecule has 0 aromatic heterocycles. The van der Waals surface area contributed by atoms with Crippen molar-refractivity contribution in [2.45, 2.75) is 66.9 Å². The Morgan fingerprint density at radius 3 is 2.25 bits per heavy atom. The van der Waals surface area contributed by atoms with E-state index >= 15 is 4.79 Å². The Kier molecular flexibility index (Phi) is 11.8. The maximum Gasteiger partial charge on any atom is 0.251 e. The lowest BCUT2D eigenvalue weighted by Gasteiger charge is -2.40. The number of thioether (sulfide) groups is 1. The highest BCUT2D eigenvalue weighted by molar-refractivity contribution is 9.09. The fourth-order valence-electron chi connectivity index (χ4n) is 8.12. The summed E-state index contributed by atoms with van der Waals surface area (Å²) in [5.41, 5.74) is 2.74. The Bertz CT molecular complexity index is 1470. The second-order valence-electron chi connectivity index (χ2n) is 12.9. The van der Waals surface area contributed by atoms with Crippen LogP contribution in [0, 0.1) is 11.8 Å². The number of fused-ring (bicyclic) bond motifs is 1. The van der Waals surface area contributed by atoms with E-state index in [1.165, 1.54) is 0 Å². The lowest BCUT2D eigenvalue weighted by atomic mass is 9.70. The van der Waals surface area contributed by atoms with Crippen LogP contribution >= 0.6 is 27.7 Å². The number of amides is 3. The minimum absolute atomic E-state index is 0.0501. The van der Waals surface area contributed by atoms with Crippen LogP contribution in [0.1, 0.15) is 39.2 Å². The Labute approximate surface area is 298 Å². The molecule has 1 spiro atoms. The maximum absolute atomic E-state index is 15.2. The zero-order chi connectivity index (χ0) is 34.6. The highest BCUT2D eigenvalue weighted by Crippen LogP contribution is 2.68. The van der Waals surface area contributed by atoms with Gasteiger partial charge < -0.3 is 24.7 Å². The number of aliphatic hydroxyl groups excluding tert-OH is 1. The largest absolute Gasteiger partial charge is 0.394 e. The lowest BCUT2D eigenvalue weighted by Crippen LogP contribution is -2.58. The number of alkyl halides is 1. The van der Waals surface area contributed by atoms with Crippen LogP contribution < -0.4 is 9.80 Å². The Morgan fingerprint density at radius 2 is 1.67 bits per heavy atom. The van der Waals surface area contributed by atoms with E-state index in [0.717, 1.165) is 30.8 Å². The molecule has 10 heteroatoms. The van der Waals surface area contributed by atoms with E-state index in [1.54, 1.807) is 38.6 Å². The van der Waals surface area contributed by atoms with Gasteiger partial charge in [-0.2, -0.15) is 0 Å². The smallest absolute Gasteiger partial charge is 0.251 e. The monoisotopic (exact) mass is 736 g/mol. The van der Waals surface area contributed by atoms with Crippen molar-refractivity contribution in [3.8, 4) is 0 Å². The lowest BCUT2D eigenvalue weighted by molar-refractivity contribution is -0.145. The van der Waals surface area contributed by atoms with Crippen LogP contribution in [0.3, 0.4) is 0 Å². The van der Waals surface area contributed by atoms with Gasteiger partial charge in [0.15, 0.2) is 0 Å². The highest BCUT2D eigenvalue weighted by atomic mass is 79.9. The van der Waals surface area contributed by atoms with E-state index in [1.807, 2.05) is 61.5 Å². The zero-order valence-corrected chi connectivity index (χ0v) is 30.7. The third kappa shape index (κ3) is 6.48. The highest BCUT2D eigenvalue weighted by Gasteiger charge is 2.76. The van der Waals surface area contributed by atoms with E-state index in [4.69, 9.17) is 0 Å². The van der Waals surface area contributed by atoms with Crippen molar-refractivity contribution in [2.75, 3.05) is 49.1 Å². The van der Waals surface area contributed by atoms with Crippen LogP contribution in [0.4, 0.5) is 11.4 Å². The van der Waals surface area contributed by atoms with Crippen molar-refractivity contribution in [1.29, 1.82) is 0 Å². The van der Waals surface area contributed by atoms with Crippen molar-refractivity contribution >= 4 is 56.8 Å². The Morgan fingerprint density at radius 1 is 1.02 bits per heavy atom. The molecular weight excluding hydrogens is 688 g/mol. The van der Waals surface area contributed by atoms with Gasteiger partial charge >= 0.3 is 0 Å². The molecule has 3 aliphatic heterocycles. The van der Waals surface area contributed by atoms with Gasteiger partial charge in [0.1, 0.15) is 6.04 Å². The fraction of sp³-hybridized carbons (Fsp3) is 0.500. The van der Waals surface area contributed by atoms with E-state index in [9.17, 15) is 14.7 Å². The molecule has 8 nitrogen and oxygen atoms in total. The predicted octanol–water partition coefficient (Wildman–Crippen LogP) is 5.54. The Hall–Kier alpha value is -3.08. The molecule has 3 fully saturated rings. The fourth-order valence-corrected chi connectivity index (χ4v) is 11.7. The van der Waals surface area contributed by atoms with Gasteiger partial charge in [-0.1, -0.05) is 65.3 Å². The number of anilines is 2. The molecule has 5 rings (SSSR count). The predicted molar refractivity (Wildman–Crippen MR) is 200 cm³/mol. The minimum Gasteiger partial charge on any atom is -0.394 e. The van der Waals surface area contributed by atoms with Crippen LogP contribution in [0.2, 0.25) is 0 Å². The van der Waals surface area contributed by atoms with Gasteiger partial charge in [0, 0.05) is 54.2 Å². The van der Waals surface area contributed by atoms with Crippen molar-refractivity contribution in [2.24, 2.45) is 11.8 Å². The van der Waals surface area contributed by atoms with Crippen LogP contribution in [0.5, 0.6) is 0 Å². The summed E-state index contributed by atoms with van der Waals surface area (Å²) in [6.07, 6.45) is 5.17. The molecule has 3 unspecified atom stereocenters. The van der Waals surface area contributed by atoms with Crippen molar-refractivity contribution in [3.05, 3.63) is 85.5 Å². The van der Waals surface area contributed by atoms with E-state index < -0.39 is 28.7 Å². The zero-order valence-electron chi connectivity index (χ0n) is 28.3. The molecule has 0 aliphatic carbocycles. The number of likely N-dealkylation sites (tertiary alicyclic amines) is 1. The average Bonchev–Trinajstić information content (AvgIpc) is 3.70. The van der Waals surface area contributed by atoms with Crippen LogP contribution in [0.25, 0.3) is 0 Å². The minimum atomic E-state index is -0.884. The number of hydrogen-bond donors (Lipinski definition) is 1. The molecule has 0 radical (unpaired) electrons. The summed E-state index contributed by atoms with van der Waals surface area (Å²) in [5.74, 6) is -1.78. The van der Waals surface area contributed by atoms with Gasteiger partial charge in [-0.3, -0.25) is 14.4 Å². The van der Waals surface area contributed by atoms with Gasteiger partial charge in [0.05, 0.1) is 29.2 Å². The number of halogens is 1. The standard InChI is InChI=1S/C38H49BrN4O4S/c1-6-20-41(21-7-2)35(45)31-32-36(46)43(29(25-44)23-26-14-12-11-13-15-26)34(38(32)24-30(39)33(31)48-38)37(47)42(22-8-3)28-18-16-27(17-19-28)40(9-4)10-5/h6,8,11-19,29-34,44H,1,3,7,9-10,20-25H2,2,4-5H3/t29-,30?,31+,32+,33+,34?,38?/m1/s1. The molecule has 2 aromatic rings. The number of rotatable bonds is 16. The molecule has 2 aromatic carbocycles. The molecule has 2 bridgehead atoms.